The lowest BCUT2D eigenvalue weighted by Gasteiger charge is -2.14. The molecule has 1 rings (SSSR count). The van der Waals surface area contributed by atoms with Gasteiger partial charge in [-0.2, -0.15) is 10.5 Å². The molecule has 1 heterocycles. The molecule has 1 aromatic heterocycles. The number of hydrogen-bond donors (Lipinski definition) is 0. The molecular formula is C10H11N3. The molecule has 0 N–H and O–H groups in total. The summed E-state index contributed by atoms with van der Waals surface area (Å²) >= 11 is 0. The molecule has 0 aromatic carbocycles. The number of aromatic nitrogens is 1. The maximum absolute atomic E-state index is 8.77. The van der Waals surface area contributed by atoms with Crippen LogP contribution in [0, 0.1) is 22.7 Å². The Bertz CT molecular complexity index is 351. The zero-order chi connectivity index (χ0) is 9.68. The van der Waals surface area contributed by atoms with E-state index in [0.29, 0.717) is 12.1 Å². The molecule has 0 aliphatic heterocycles. The van der Waals surface area contributed by atoms with Crippen LogP contribution in [0.4, 0.5) is 0 Å². The van der Waals surface area contributed by atoms with E-state index in [1.165, 1.54) is 0 Å². The highest BCUT2D eigenvalue weighted by atomic mass is 15.0. The Morgan fingerprint density at radius 1 is 1.54 bits per heavy atom. The average Bonchev–Trinajstić information content (AvgIpc) is 2.61. The third kappa shape index (κ3) is 1.89. The van der Waals surface area contributed by atoms with Crippen LogP contribution in [0.2, 0.25) is 0 Å². The van der Waals surface area contributed by atoms with Gasteiger partial charge in [0, 0.05) is 12.2 Å². The second-order valence-electron chi connectivity index (χ2n) is 2.84. The lowest BCUT2D eigenvalue weighted by atomic mass is 10.1. The first-order valence-electron chi connectivity index (χ1n) is 4.27. The van der Waals surface area contributed by atoms with Crippen LogP contribution >= 0.6 is 0 Å². The zero-order valence-corrected chi connectivity index (χ0v) is 7.57. The molecule has 0 bridgehead atoms. The van der Waals surface area contributed by atoms with Crippen molar-refractivity contribution in [2.24, 2.45) is 0 Å². The Morgan fingerprint density at radius 3 is 2.85 bits per heavy atom. The van der Waals surface area contributed by atoms with Gasteiger partial charge in [-0.25, -0.2) is 0 Å². The largest absolute Gasteiger partial charge is 0.335 e. The number of rotatable bonds is 3. The molecule has 0 amide bonds. The molecule has 13 heavy (non-hydrogen) atoms. The first-order chi connectivity index (χ1) is 6.33. The van der Waals surface area contributed by atoms with Crippen LogP contribution in [0.1, 0.15) is 31.5 Å². The van der Waals surface area contributed by atoms with Gasteiger partial charge in [0.05, 0.1) is 12.5 Å². The number of hydrogen-bond acceptors (Lipinski definition) is 2. The third-order valence-corrected chi connectivity index (χ3v) is 2.09. The maximum atomic E-state index is 8.77. The maximum Gasteiger partial charge on any atom is 0.120 e. The average molecular weight is 173 g/mol. The van der Waals surface area contributed by atoms with Gasteiger partial charge < -0.3 is 4.57 Å². The highest BCUT2D eigenvalue weighted by Crippen LogP contribution is 2.17. The zero-order valence-electron chi connectivity index (χ0n) is 7.57. The van der Waals surface area contributed by atoms with E-state index < -0.39 is 0 Å². The Balaban J connectivity index is 2.93. The van der Waals surface area contributed by atoms with E-state index in [9.17, 15) is 0 Å². The van der Waals surface area contributed by atoms with Gasteiger partial charge in [0.25, 0.3) is 0 Å². The summed E-state index contributed by atoms with van der Waals surface area (Å²) in [6.07, 6.45) is 3.18. The number of nitriles is 2. The summed E-state index contributed by atoms with van der Waals surface area (Å²) in [6.45, 7) is 2.02. The predicted octanol–water partition coefficient (Wildman–Crippen LogP) is 2.22. The van der Waals surface area contributed by atoms with Crippen LogP contribution in [-0.2, 0) is 0 Å². The van der Waals surface area contributed by atoms with E-state index in [1.54, 1.807) is 6.07 Å². The predicted molar refractivity (Wildman–Crippen MR) is 48.7 cm³/mol. The second kappa shape index (κ2) is 4.33. The Labute approximate surface area is 77.8 Å². The fourth-order valence-corrected chi connectivity index (χ4v) is 1.35. The molecular weight excluding hydrogens is 162 g/mol. The highest BCUT2D eigenvalue weighted by molar-refractivity contribution is 5.23. The Morgan fingerprint density at radius 2 is 2.31 bits per heavy atom. The molecule has 0 aliphatic rings. The highest BCUT2D eigenvalue weighted by Gasteiger charge is 2.10. The molecule has 1 aromatic rings. The van der Waals surface area contributed by atoms with Gasteiger partial charge in [-0.05, 0) is 18.6 Å². The van der Waals surface area contributed by atoms with Crippen LogP contribution in [0.25, 0.3) is 0 Å². The summed E-state index contributed by atoms with van der Waals surface area (Å²) in [5.41, 5.74) is 0.627. The van der Waals surface area contributed by atoms with Crippen molar-refractivity contribution in [2.45, 2.75) is 25.8 Å². The minimum absolute atomic E-state index is 0.134. The third-order valence-electron chi connectivity index (χ3n) is 2.09. The molecule has 1 atom stereocenters. The Kier molecular flexibility index (Phi) is 3.11. The lowest BCUT2D eigenvalue weighted by molar-refractivity contribution is 0.494. The summed E-state index contributed by atoms with van der Waals surface area (Å²) in [7, 11) is 0. The Hall–Kier alpha value is -1.74. The molecule has 0 saturated carbocycles. The van der Waals surface area contributed by atoms with E-state index in [1.807, 2.05) is 23.8 Å². The van der Waals surface area contributed by atoms with Crippen molar-refractivity contribution >= 4 is 0 Å². The van der Waals surface area contributed by atoms with Crippen molar-refractivity contribution in [3.63, 3.8) is 0 Å². The molecule has 1 unspecified atom stereocenters. The van der Waals surface area contributed by atoms with Gasteiger partial charge in [-0.3, -0.25) is 0 Å². The van der Waals surface area contributed by atoms with Gasteiger partial charge in [-0.15, -0.1) is 0 Å². The molecule has 0 saturated heterocycles. The van der Waals surface area contributed by atoms with Crippen LogP contribution < -0.4 is 0 Å². The first kappa shape index (κ1) is 9.35. The van der Waals surface area contributed by atoms with E-state index in [4.69, 9.17) is 10.5 Å². The van der Waals surface area contributed by atoms with E-state index in [2.05, 4.69) is 12.1 Å². The monoisotopic (exact) mass is 173 g/mol. The number of nitrogens with zero attached hydrogens (tertiary/aromatic N) is 3. The van der Waals surface area contributed by atoms with Crippen LogP contribution in [-0.4, -0.2) is 4.57 Å². The SMILES string of the molecule is CCC(CC#N)n1cccc1C#N. The van der Waals surface area contributed by atoms with Crippen molar-refractivity contribution in [3.8, 4) is 12.1 Å². The summed E-state index contributed by atoms with van der Waals surface area (Å²) in [5, 5.41) is 17.4. The fourth-order valence-electron chi connectivity index (χ4n) is 1.35. The molecule has 0 aliphatic carbocycles. The van der Waals surface area contributed by atoms with E-state index in [0.717, 1.165) is 6.42 Å². The van der Waals surface area contributed by atoms with Gasteiger partial charge in [0.1, 0.15) is 11.8 Å². The van der Waals surface area contributed by atoms with Crippen molar-refractivity contribution in [2.75, 3.05) is 0 Å². The van der Waals surface area contributed by atoms with Crippen molar-refractivity contribution in [3.05, 3.63) is 24.0 Å². The van der Waals surface area contributed by atoms with Crippen LogP contribution in [0.3, 0.4) is 0 Å². The van der Waals surface area contributed by atoms with Crippen LogP contribution in [0.5, 0.6) is 0 Å². The first-order valence-corrected chi connectivity index (χ1v) is 4.27. The van der Waals surface area contributed by atoms with Gasteiger partial charge in [0.15, 0.2) is 0 Å². The smallest absolute Gasteiger partial charge is 0.120 e. The second-order valence-corrected chi connectivity index (χ2v) is 2.84. The van der Waals surface area contributed by atoms with Crippen molar-refractivity contribution in [1.82, 2.24) is 4.57 Å². The van der Waals surface area contributed by atoms with E-state index >= 15 is 0 Å². The van der Waals surface area contributed by atoms with Crippen molar-refractivity contribution < 1.29 is 0 Å². The molecule has 3 nitrogen and oxygen atoms in total. The normalized spacial score (nSPS) is 11.6. The minimum atomic E-state index is 0.134. The van der Waals surface area contributed by atoms with Gasteiger partial charge in [0.2, 0.25) is 0 Å². The van der Waals surface area contributed by atoms with Gasteiger partial charge >= 0.3 is 0 Å². The molecule has 3 heteroatoms. The van der Waals surface area contributed by atoms with E-state index in [-0.39, 0.29) is 6.04 Å². The minimum Gasteiger partial charge on any atom is -0.335 e. The molecule has 0 spiro atoms. The van der Waals surface area contributed by atoms with Crippen molar-refractivity contribution in [1.29, 1.82) is 10.5 Å². The molecule has 0 fully saturated rings. The lowest BCUT2D eigenvalue weighted by Crippen LogP contribution is -2.07. The summed E-state index contributed by atoms with van der Waals surface area (Å²) < 4.78 is 1.86. The quantitative estimate of drug-likeness (QED) is 0.703. The molecule has 66 valence electrons. The van der Waals surface area contributed by atoms with Gasteiger partial charge in [-0.1, -0.05) is 6.92 Å². The van der Waals surface area contributed by atoms with Crippen LogP contribution in [0.15, 0.2) is 18.3 Å². The summed E-state index contributed by atoms with van der Waals surface area (Å²) in [4.78, 5) is 0. The topological polar surface area (TPSA) is 52.5 Å². The summed E-state index contributed by atoms with van der Waals surface area (Å²) in [6, 6.07) is 7.96. The summed E-state index contributed by atoms with van der Waals surface area (Å²) in [5.74, 6) is 0. The molecule has 0 radical (unpaired) electrons. The standard InChI is InChI=1S/C10H11N3/c1-2-9(5-6-11)13-7-3-4-10(13)8-12/h3-4,7,9H,2,5H2,1H3. The fraction of sp³-hybridized carbons (Fsp3) is 0.400.